The Morgan fingerprint density at radius 3 is 2.30 bits per heavy atom. The zero-order chi connectivity index (χ0) is 15.9. The Morgan fingerprint density at radius 1 is 1.35 bits per heavy atom. The number of likely N-dealkylation sites (N-methyl/N-ethyl adjacent to an activating group) is 1. The first kappa shape index (κ1) is 15.9. The quantitative estimate of drug-likeness (QED) is 0.674. The van der Waals surface area contributed by atoms with E-state index >= 15 is 0 Å². The van der Waals surface area contributed by atoms with Gasteiger partial charge >= 0.3 is 12.0 Å². The highest BCUT2D eigenvalue weighted by atomic mass is 16.4. The average molecular weight is 285 g/mol. The van der Waals surface area contributed by atoms with E-state index in [1.807, 2.05) is 0 Å². The van der Waals surface area contributed by atoms with Crippen LogP contribution in [0.5, 0.6) is 0 Å². The summed E-state index contributed by atoms with van der Waals surface area (Å²) < 4.78 is 0. The SMILES string of the molecule is CN(C(=O)N1CC(=O)NC(=O)C1(C)C)C(C)(C)C(=O)O. The number of aliphatic carboxylic acids is 1. The average Bonchev–Trinajstić information content (AvgIpc) is 2.32. The summed E-state index contributed by atoms with van der Waals surface area (Å²) in [5.74, 6) is -2.37. The van der Waals surface area contributed by atoms with Crippen LogP contribution in [0.25, 0.3) is 0 Å². The van der Waals surface area contributed by atoms with E-state index in [0.717, 1.165) is 9.80 Å². The number of nitrogens with one attached hydrogen (secondary N) is 1. The third-order valence-electron chi connectivity index (χ3n) is 3.66. The van der Waals surface area contributed by atoms with Gasteiger partial charge in [-0.05, 0) is 27.7 Å². The molecular formula is C12H19N3O5. The summed E-state index contributed by atoms with van der Waals surface area (Å²) in [7, 11) is 1.32. The lowest BCUT2D eigenvalue weighted by Crippen LogP contribution is -2.68. The van der Waals surface area contributed by atoms with Crippen LogP contribution in [0.15, 0.2) is 0 Å². The number of hydrogen-bond donors (Lipinski definition) is 2. The number of carboxylic acid groups (broad SMARTS) is 1. The molecule has 2 N–H and O–H groups in total. The molecular weight excluding hydrogens is 266 g/mol. The van der Waals surface area contributed by atoms with Crippen molar-refractivity contribution in [2.24, 2.45) is 0 Å². The molecule has 0 aromatic heterocycles. The van der Waals surface area contributed by atoms with E-state index in [1.54, 1.807) is 0 Å². The molecule has 1 aliphatic rings. The predicted octanol–water partition coefficient (Wildman–Crippen LogP) is -0.362. The molecule has 8 nitrogen and oxygen atoms in total. The summed E-state index contributed by atoms with van der Waals surface area (Å²) in [4.78, 5) is 48.9. The van der Waals surface area contributed by atoms with E-state index in [9.17, 15) is 19.2 Å². The van der Waals surface area contributed by atoms with Crippen LogP contribution in [0.1, 0.15) is 27.7 Å². The highest BCUT2D eigenvalue weighted by Crippen LogP contribution is 2.23. The largest absolute Gasteiger partial charge is 0.480 e. The number of carboxylic acids is 1. The molecule has 4 amide bonds. The Balaban J connectivity index is 3.09. The van der Waals surface area contributed by atoms with Gasteiger partial charge in [0.25, 0.3) is 5.91 Å². The molecule has 1 heterocycles. The molecule has 112 valence electrons. The molecule has 1 fully saturated rings. The maximum absolute atomic E-state index is 12.4. The lowest BCUT2D eigenvalue weighted by molar-refractivity contribution is -0.148. The van der Waals surface area contributed by atoms with E-state index in [-0.39, 0.29) is 6.54 Å². The molecule has 0 bridgehead atoms. The first-order valence-electron chi connectivity index (χ1n) is 6.05. The van der Waals surface area contributed by atoms with E-state index in [1.165, 1.54) is 34.7 Å². The van der Waals surface area contributed by atoms with Gasteiger partial charge in [0, 0.05) is 7.05 Å². The van der Waals surface area contributed by atoms with Crippen molar-refractivity contribution in [3.63, 3.8) is 0 Å². The maximum Gasteiger partial charge on any atom is 0.329 e. The van der Waals surface area contributed by atoms with Gasteiger partial charge < -0.3 is 14.9 Å². The highest BCUT2D eigenvalue weighted by molar-refractivity contribution is 6.06. The number of rotatable bonds is 2. The fourth-order valence-electron chi connectivity index (χ4n) is 1.65. The van der Waals surface area contributed by atoms with Gasteiger partial charge in [0.15, 0.2) is 0 Å². The second kappa shape index (κ2) is 4.77. The van der Waals surface area contributed by atoms with Gasteiger partial charge in [0.05, 0.1) is 0 Å². The second-order valence-corrected chi connectivity index (χ2v) is 5.73. The number of piperazine rings is 1. The summed E-state index contributed by atoms with van der Waals surface area (Å²) in [5.41, 5.74) is -2.68. The van der Waals surface area contributed by atoms with Crippen LogP contribution in [0.3, 0.4) is 0 Å². The summed E-state index contributed by atoms with van der Waals surface area (Å²) in [5, 5.41) is 11.3. The van der Waals surface area contributed by atoms with Crippen LogP contribution in [-0.4, -0.2) is 63.4 Å². The van der Waals surface area contributed by atoms with Gasteiger partial charge in [-0.2, -0.15) is 0 Å². The summed E-state index contributed by atoms with van der Waals surface area (Å²) in [6.07, 6.45) is 0. The van der Waals surface area contributed by atoms with Gasteiger partial charge in [0.1, 0.15) is 17.6 Å². The Kier molecular flexibility index (Phi) is 3.80. The lowest BCUT2D eigenvalue weighted by atomic mass is 9.98. The monoisotopic (exact) mass is 285 g/mol. The van der Waals surface area contributed by atoms with Gasteiger partial charge in [-0.1, -0.05) is 0 Å². The standard InChI is InChI=1S/C12H19N3O5/c1-11(2)8(17)13-7(16)6-15(11)10(20)14(5)12(3,4)9(18)19/h6H2,1-5H3,(H,18,19)(H,13,16,17). The number of hydrogen-bond acceptors (Lipinski definition) is 4. The molecule has 1 saturated heterocycles. The fourth-order valence-corrected chi connectivity index (χ4v) is 1.65. The number of carbonyl (C=O) groups excluding carboxylic acids is 3. The minimum absolute atomic E-state index is 0.294. The van der Waals surface area contributed by atoms with Crippen LogP contribution in [0, 0.1) is 0 Å². The smallest absolute Gasteiger partial charge is 0.329 e. The Morgan fingerprint density at radius 2 is 1.85 bits per heavy atom. The van der Waals surface area contributed by atoms with Crippen molar-refractivity contribution in [3.8, 4) is 0 Å². The highest BCUT2D eigenvalue weighted by Gasteiger charge is 2.47. The Bertz CT molecular complexity index is 483. The molecule has 0 aliphatic carbocycles. The van der Waals surface area contributed by atoms with Gasteiger partial charge in [0.2, 0.25) is 5.91 Å². The third kappa shape index (κ3) is 2.45. The molecule has 0 aromatic carbocycles. The van der Waals surface area contributed by atoms with Gasteiger partial charge in [-0.15, -0.1) is 0 Å². The normalized spacial score (nSPS) is 18.6. The first-order chi connectivity index (χ1) is 8.92. The minimum Gasteiger partial charge on any atom is -0.480 e. The maximum atomic E-state index is 12.4. The third-order valence-corrected chi connectivity index (χ3v) is 3.66. The fraction of sp³-hybridized carbons (Fsp3) is 0.667. The van der Waals surface area contributed by atoms with Gasteiger partial charge in [-0.25, -0.2) is 9.59 Å². The molecule has 0 atom stereocenters. The summed E-state index contributed by atoms with van der Waals surface area (Å²) in [6.45, 7) is 5.43. The topological polar surface area (TPSA) is 107 Å². The van der Waals surface area contributed by atoms with E-state index in [2.05, 4.69) is 5.32 Å². The lowest BCUT2D eigenvalue weighted by Gasteiger charge is -2.44. The number of carbonyl (C=O) groups is 4. The molecule has 1 rings (SSSR count). The Hall–Kier alpha value is -2.12. The number of nitrogens with zero attached hydrogens (tertiary/aromatic N) is 2. The Labute approximate surface area is 116 Å². The van der Waals surface area contributed by atoms with Crippen molar-refractivity contribution >= 4 is 23.8 Å². The van der Waals surface area contributed by atoms with Crippen LogP contribution in [0.2, 0.25) is 0 Å². The molecule has 0 aromatic rings. The molecule has 0 unspecified atom stereocenters. The van der Waals surface area contributed by atoms with Crippen LogP contribution in [0.4, 0.5) is 4.79 Å². The van der Waals surface area contributed by atoms with E-state index in [0.29, 0.717) is 0 Å². The van der Waals surface area contributed by atoms with Crippen LogP contribution in [-0.2, 0) is 14.4 Å². The van der Waals surface area contributed by atoms with Gasteiger partial charge in [-0.3, -0.25) is 14.9 Å². The molecule has 0 spiro atoms. The zero-order valence-corrected chi connectivity index (χ0v) is 12.2. The number of amides is 4. The van der Waals surface area contributed by atoms with Crippen molar-refractivity contribution in [2.45, 2.75) is 38.8 Å². The first-order valence-corrected chi connectivity index (χ1v) is 6.05. The molecule has 8 heteroatoms. The van der Waals surface area contributed by atoms with E-state index < -0.39 is 34.9 Å². The van der Waals surface area contributed by atoms with Crippen molar-refractivity contribution < 1.29 is 24.3 Å². The van der Waals surface area contributed by atoms with Crippen molar-refractivity contribution in [2.75, 3.05) is 13.6 Å². The molecule has 0 radical (unpaired) electrons. The summed E-state index contributed by atoms with van der Waals surface area (Å²) in [6, 6.07) is -0.689. The number of imide groups is 1. The summed E-state index contributed by atoms with van der Waals surface area (Å²) >= 11 is 0. The van der Waals surface area contributed by atoms with Crippen molar-refractivity contribution in [3.05, 3.63) is 0 Å². The molecule has 0 saturated carbocycles. The second-order valence-electron chi connectivity index (χ2n) is 5.73. The molecule has 20 heavy (non-hydrogen) atoms. The zero-order valence-electron chi connectivity index (χ0n) is 12.2. The predicted molar refractivity (Wildman–Crippen MR) is 68.8 cm³/mol. The minimum atomic E-state index is -1.45. The van der Waals surface area contributed by atoms with Crippen LogP contribution >= 0.6 is 0 Å². The van der Waals surface area contributed by atoms with E-state index in [4.69, 9.17) is 5.11 Å². The molecule has 1 aliphatic heterocycles. The number of urea groups is 1. The van der Waals surface area contributed by atoms with Crippen molar-refractivity contribution in [1.82, 2.24) is 15.1 Å². The van der Waals surface area contributed by atoms with Crippen LogP contribution < -0.4 is 5.32 Å². The van der Waals surface area contributed by atoms with Crippen molar-refractivity contribution in [1.29, 1.82) is 0 Å².